The van der Waals surface area contributed by atoms with E-state index in [0.29, 0.717) is 18.1 Å². The van der Waals surface area contributed by atoms with Crippen LogP contribution in [0.1, 0.15) is 40.0 Å². The van der Waals surface area contributed by atoms with E-state index in [1.807, 2.05) is 7.05 Å². The topological polar surface area (TPSA) is 48.9 Å². The molecule has 0 aromatic heterocycles. The zero-order valence-electron chi connectivity index (χ0n) is 15.4. The Labute approximate surface area is 136 Å². The summed E-state index contributed by atoms with van der Waals surface area (Å²) in [7, 11) is 6.16. The molecule has 1 rings (SSSR count). The second kappa shape index (κ2) is 10.1. The normalized spacial score (nSPS) is 18.6. The van der Waals surface area contributed by atoms with Crippen molar-refractivity contribution >= 4 is 5.96 Å². The number of hydrogen-bond donors (Lipinski definition) is 2. The van der Waals surface area contributed by atoms with E-state index in [1.165, 1.54) is 12.8 Å². The summed E-state index contributed by atoms with van der Waals surface area (Å²) in [5.74, 6) is 2.29. The summed E-state index contributed by atoms with van der Waals surface area (Å²) in [6.45, 7) is 9.11. The molecule has 1 aliphatic rings. The molecule has 0 aromatic carbocycles. The van der Waals surface area contributed by atoms with Gasteiger partial charge in [0.15, 0.2) is 5.96 Å². The molecule has 130 valence electrons. The molecule has 2 unspecified atom stereocenters. The molecule has 0 saturated heterocycles. The van der Waals surface area contributed by atoms with Crippen molar-refractivity contribution in [2.75, 3.05) is 40.8 Å². The highest BCUT2D eigenvalue weighted by atomic mass is 16.5. The Morgan fingerprint density at radius 3 is 2.41 bits per heavy atom. The van der Waals surface area contributed by atoms with Crippen LogP contribution in [0.5, 0.6) is 0 Å². The quantitative estimate of drug-likeness (QED) is 0.478. The van der Waals surface area contributed by atoms with Crippen molar-refractivity contribution in [1.29, 1.82) is 0 Å². The molecule has 2 N–H and O–H groups in total. The van der Waals surface area contributed by atoms with Gasteiger partial charge in [-0.05, 0) is 52.1 Å². The Bertz CT molecular complexity index is 325. The summed E-state index contributed by atoms with van der Waals surface area (Å²) in [5.41, 5.74) is 0. The molecule has 0 aliphatic heterocycles. The molecule has 5 nitrogen and oxygen atoms in total. The van der Waals surface area contributed by atoms with Crippen LogP contribution in [-0.4, -0.2) is 63.8 Å². The van der Waals surface area contributed by atoms with E-state index in [0.717, 1.165) is 38.0 Å². The van der Waals surface area contributed by atoms with Crippen LogP contribution in [-0.2, 0) is 4.74 Å². The average Bonchev–Trinajstić information content (AvgIpc) is 3.28. The number of likely N-dealkylation sites (N-methyl/N-ethyl adjacent to an activating group) is 1. The van der Waals surface area contributed by atoms with E-state index >= 15 is 0 Å². The van der Waals surface area contributed by atoms with E-state index in [-0.39, 0.29) is 0 Å². The lowest BCUT2D eigenvalue weighted by Crippen LogP contribution is -2.46. The molecule has 22 heavy (non-hydrogen) atoms. The van der Waals surface area contributed by atoms with Crippen molar-refractivity contribution in [3.63, 3.8) is 0 Å². The van der Waals surface area contributed by atoms with Crippen molar-refractivity contribution in [3.8, 4) is 0 Å². The summed E-state index contributed by atoms with van der Waals surface area (Å²) in [6, 6.07) is 0.602. The second-order valence-electron chi connectivity index (χ2n) is 6.77. The fraction of sp³-hybridized carbons (Fsp3) is 0.941. The minimum absolute atomic E-state index is 0.316. The summed E-state index contributed by atoms with van der Waals surface area (Å²) < 4.78 is 5.78. The zero-order chi connectivity index (χ0) is 16.5. The first-order chi connectivity index (χ1) is 10.5. The molecular formula is C17H36N4O. The molecule has 1 fully saturated rings. The maximum atomic E-state index is 5.78. The number of rotatable bonds is 10. The molecule has 5 heteroatoms. The van der Waals surface area contributed by atoms with Crippen molar-refractivity contribution in [3.05, 3.63) is 0 Å². The first-order valence-electron chi connectivity index (χ1n) is 8.72. The first-order valence-corrected chi connectivity index (χ1v) is 8.72. The highest BCUT2D eigenvalue weighted by Gasteiger charge is 2.32. The molecular weight excluding hydrogens is 276 g/mol. The van der Waals surface area contributed by atoms with Gasteiger partial charge in [0.25, 0.3) is 0 Å². The van der Waals surface area contributed by atoms with E-state index in [2.05, 4.69) is 55.4 Å². The van der Waals surface area contributed by atoms with Gasteiger partial charge < -0.3 is 20.3 Å². The van der Waals surface area contributed by atoms with Gasteiger partial charge in [0.2, 0.25) is 0 Å². The van der Waals surface area contributed by atoms with Crippen LogP contribution in [0.15, 0.2) is 4.99 Å². The van der Waals surface area contributed by atoms with Crippen molar-refractivity contribution < 1.29 is 4.74 Å². The highest BCUT2D eigenvalue weighted by molar-refractivity contribution is 5.79. The Morgan fingerprint density at radius 2 is 1.95 bits per heavy atom. The lowest BCUT2D eigenvalue weighted by atomic mass is 10.0. The van der Waals surface area contributed by atoms with Gasteiger partial charge in [-0.15, -0.1) is 0 Å². The van der Waals surface area contributed by atoms with Gasteiger partial charge in [-0.3, -0.25) is 4.99 Å². The summed E-state index contributed by atoms with van der Waals surface area (Å²) in [4.78, 5) is 6.64. The smallest absolute Gasteiger partial charge is 0.191 e. The first kappa shape index (κ1) is 19.2. The maximum Gasteiger partial charge on any atom is 0.191 e. The van der Waals surface area contributed by atoms with Crippen LogP contribution in [0.2, 0.25) is 0 Å². The average molecular weight is 313 g/mol. The fourth-order valence-electron chi connectivity index (χ4n) is 2.83. The van der Waals surface area contributed by atoms with Crippen LogP contribution in [0.4, 0.5) is 0 Å². The summed E-state index contributed by atoms with van der Waals surface area (Å²) >= 11 is 0. The number of nitrogens with zero attached hydrogens (tertiary/aromatic N) is 2. The van der Waals surface area contributed by atoms with E-state index in [9.17, 15) is 0 Å². The molecule has 1 saturated carbocycles. The Kier molecular flexibility index (Phi) is 8.79. The lowest BCUT2D eigenvalue weighted by molar-refractivity contribution is 0.0258. The van der Waals surface area contributed by atoms with Gasteiger partial charge in [-0.2, -0.15) is 0 Å². The van der Waals surface area contributed by atoms with Crippen LogP contribution in [0.25, 0.3) is 0 Å². The molecule has 2 atom stereocenters. The molecule has 0 aromatic rings. The van der Waals surface area contributed by atoms with Crippen LogP contribution in [0, 0.1) is 11.8 Å². The number of aliphatic imine (C=N–C) groups is 1. The van der Waals surface area contributed by atoms with Crippen molar-refractivity contribution in [1.82, 2.24) is 15.5 Å². The standard InChI is InChI=1S/C17H36N4O/c1-7-22-16(13(2)3)10-11-19-17(18-4)20-12-15(21(5)6)14-8-9-14/h13-16H,7-12H2,1-6H3,(H2,18,19,20). The minimum atomic E-state index is 0.316. The van der Waals surface area contributed by atoms with Crippen LogP contribution < -0.4 is 10.6 Å². The number of guanidine groups is 1. The highest BCUT2D eigenvalue weighted by Crippen LogP contribution is 2.34. The Balaban J connectivity index is 2.29. The van der Waals surface area contributed by atoms with Gasteiger partial charge in [0.1, 0.15) is 0 Å². The second-order valence-corrected chi connectivity index (χ2v) is 6.77. The molecule has 0 spiro atoms. The van der Waals surface area contributed by atoms with Gasteiger partial charge in [-0.25, -0.2) is 0 Å². The molecule has 0 amide bonds. The van der Waals surface area contributed by atoms with Gasteiger partial charge >= 0.3 is 0 Å². The SMILES string of the molecule is CCOC(CCNC(=NC)NCC(C1CC1)N(C)C)C(C)C. The molecule has 0 radical (unpaired) electrons. The van der Waals surface area contributed by atoms with Crippen LogP contribution >= 0.6 is 0 Å². The summed E-state index contributed by atoms with van der Waals surface area (Å²) in [6.07, 6.45) is 4.05. The predicted molar refractivity (Wildman–Crippen MR) is 94.4 cm³/mol. The fourth-order valence-corrected chi connectivity index (χ4v) is 2.83. The molecule has 1 aliphatic carbocycles. The largest absolute Gasteiger partial charge is 0.378 e. The predicted octanol–water partition coefficient (Wildman–Crippen LogP) is 1.94. The lowest BCUT2D eigenvalue weighted by Gasteiger charge is -2.26. The van der Waals surface area contributed by atoms with Crippen LogP contribution in [0.3, 0.4) is 0 Å². The van der Waals surface area contributed by atoms with Crippen molar-refractivity contribution in [2.24, 2.45) is 16.8 Å². The Hall–Kier alpha value is -0.810. The van der Waals surface area contributed by atoms with Gasteiger partial charge in [0.05, 0.1) is 6.10 Å². The van der Waals surface area contributed by atoms with Gasteiger partial charge in [-0.1, -0.05) is 13.8 Å². The Morgan fingerprint density at radius 1 is 1.27 bits per heavy atom. The third-order valence-electron chi connectivity index (χ3n) is 4.38. The molecule has 0 bridgehead atoms. The third kappa shape index (κ3) is 6.97. The maximum absolute atomic E-state index is 5.78. The van der Waals surface area contributed by atoms with Crippen molar-refractivity contribution in [2.45, 2.75) is 52.2 Å². The van der Waals surface area contributed by atoms with E-state index in [4.69, 9.17) is 4.74 Å². The third-order valence-corrected chi connectivity index (χ3v) is 4.38. The monoisotopic (exact) mass is 312 g/mol. The minimum Gasteiger partial charge on any atom is -0.378 e. The van der Waals surface area contributed by atoms with E-state index in [1.54, 1.807) is 0 Å². The number of hydrogen-bond acceptors (Lipinski definition) is 3. The number of ether oxygens (including phenoxy) is 1. The summed E-state index contributed by atoms with van der Waals surface area (Å²) in [5, 5.41) is 6.87. The number of nitrogens with one attached hydrogen (secondary N) is 2. The zero-order valence-corrected chi connectivity index (χ0v) is 15.4. The van der Waals surface area contributed by atoms with E-state index < -0.39 is 0 Å². The molecule has 0 heterocycles. The van der Waals surface area contributed by atoms with Gasteiger partial charge in [0, 0.05) is 32.8 Å².